The first-order chi connectivity index (χ1) is 9.75. The third-order valence-electron chi connectivity index (χ3n) is 4.82. The number of benzene rings is 1. The van der Waals surface area contributed by atoms with Crippen molar-refractivity contribution in [3.05, 3.63) is 35.9 Å². The molecule has 1 aromatic carbocycles. The number of nitrogens with one attached hydrogen (secondary N) is 1. The van der Waals surface area contributed by atoms with Crippen LogP contribution in [0.4, 0.5) is 0 Å². The van der Waals surface area contributed by atoms with Crippen LogP contribution in [0.25, 0.3) is 0 Å². The Balaban J connectivity index is 1.67. The van der Waals surface area contributed by atoms with Gasteiger partial charge < -0.3 is 10.2 Å². The number of carbonyl (C=O) groups excluding carboxylic acids is 1. The second-order valence-corrected chi connectivity index (χ2v) is 6.21. The lowest BCUT2D eigenvalue weighted by molar-refractivity contribution is -0.136. The fourth-order valence-electron chi connectivity index (χ4n) is 3.61. The molecule has 2 aliphatic rings. The molecule has 2 fully saturated rings. The maximum Gasteiger partial charge on any atom is 0.226 e. The molecule has 0 spiro atoms. The number of amides is 1. The summed E-state index contributed by atoms with van der Waals surface area (Å²) in [5.74, 6) is 1.14. The first-order valence-corrected chi connectivity index (χ1v) is 7.82. The van der Waals surface area contributed by atoms with Crippen molar-refractivity contribution in [3.63, 3.8) is 0 Å². The quantitative estimate of drug-likeness (QED) is 0.896. The molecule has 20 heavy (non-hydrogen) atoms. The first kappa shape index (κ1) is 13.6. The zero-order valence-corrected chi connectivity index (χ0v) is 12.2. The Kier molecular flexibility index (Phi) is 4.06. The van der Waals surface area contributed by atoms with Crippen LogP contribution in [0.15, 0.2) is 30.3 Å². The molecule has 3 rings (SSSR count). The molecule has 1 amide bonds. The van der Waals surface area contributed by atoms with Crippen LogP contribution in [0.1, 0.15) is 37.7 Å². The van der Waals surface area contributed by atoms with Gasteiger partial charge in [-0.25, -0.2) is 0 Å². The van der Waals surface area contributed by atoms with Gasteiger partial charge in [-0.3, -0.25) is 4.79 Å². The number of hydrogen-bond donors (Lipinski definition) is 1. The van der Waals surface area contributed by atoms with Crippen LogP contribution in [0, 0.1) is 5.92 Å². The van der Waals surface area contributed by atoms with Gasteiger partial charge in [-0.1, -0.05) is 30.3 Å². The van der Waals surface area contributed by atoms with E-state index in [9.17, 15) is 4.79 Å². The van der Waals surface area contributed by atoms with Crippen molar-refractivity contribution in [1.29, 1.82) is 0 Å². The lowest BCUT2D eigenvalue weighted by Gasteiger charge is -2.29. The molecular weight excluding hydrogens is 248 g/mol. The van der Waals surface area contributed by atoms with Gasteiger partial charge in [0.15, 0.2) is 0 Å². The summed E-state index contributed by atoms with van der Waals surface area (Å²) >= 11 is 0. The van der Waals surface area contributed by atoms with Crippen LogP contribution in [0.5, 0.6) is 0 Å². The molecule has 0 saturated carbocycles. The summed E-state index contributed by atoms with van der Waals surface area (Å²) in [6.45, 7) is 5.07. The summed E-state index contributed by atoms with van der Waals surface area (Å²) in [4.78, 5) is 14.8. The molecule has 2 heterocycles. The minimum Gasteiger partial charge on any atom is -0.339 e. The van der Waals surface area contributed by atoms with Gasteiger partial charge >= 0.3 is 0 Å². The summed E-state index contributed by atoms with van der Waals surface area (Å²) in [7, 11) is 0. The van der Waals surface area contributed by atoms with Crippen molar-refractivity contribution < 1.29 is 4.79 Å². The Morgan fingerprint density at radius 2 is 1.90 bits per heavy atom. The zero-order valence-electron chi connectivity index (χ0n) is 12.2. The van der Waals surface area contributed by atoms with E-state index < -0.39 is 0 Å². The molecule has 2 unspecified atom stereocenters. The SMILES string of the molecule is CC1CC(c2ccccc2)CN1C(=O)C1CCNCC1. The third-order valence-corrected chi connectivity index (χ3v) is 4.82. The first-order valence-electron chi connectivity index (χ1n) is 7.82. The highest BCUT2D eigenvalue weighted by Gasteiger charge is 2.36. The summed E-state index contributed by atoms with van der Waals surface area (Å²) < 4.78 is 0. The van der Waals surface area contributed by atoms with E-state index in [1.165, 1.54) is 5.56 Å². The number of nitrogens with zero attached hydrogens (tertiary/aromatic N) is 1. The molecule has 0 aromatic heterocycles. The number of likely N-dealkylation sites (tertiary alicyclic amines) is 1. The van der Waals surface area contributed by atoms with E-state index in [0.29, 0.717) is 17.9 Å². The predicted octanol–water partition coefficient (Wildman–Crippen LogP) is 2.39. The Hall–Kier alpha value is -1.35. The van der Waals surface area contributed by atoms with Crippen molar-refractivity contribution in [2.24, 2.45) is 5.92 Å². The van der Waals surface area contributed by atoms with E-state index in [1.807, 2.05) is 0 Å². The van der Waals surface area contributed by atoms with Crippen LogP contribution in [-0.4, -0.2) is 36.5 Å². The normalized spacial score (nSPS) is 27.8. The van der Waals surface area contributed by atoms with Crippen LogP contribution < -0.4 is 5.32 Å². The largest absolute Gasteiger partial charge is 0.339 e. The van der Waals surface area contributed by atoms with Gasteiger partial charge in [-0.15, -0.1) is 0 Å². The maximum atomic E-state index is 12.7. The van der Waals surface area contributed by atoms with Crippen LogP contribution >= 0.6 is 0 Å². The van der Waals surface area contributed by atoms with Gasteiger partial charge in [0.1, 0.15) is 0 Å². The average Bonchev–Trinajstić information content (AvgIpc) is 2.90. The van der Waals surface area contributed by atoms with E-state index in [4.69, 9.17) is 0 Å². The third kappa shape index (κ3) is 2.73. The van der Waals surface area contributed by atoms with Gasteiger partial charge in [0.2, 0.25) is 5.91 Å². The molecule has 3 nitrogen and oxygen atoms in total. The molecule has 108 valence electrons. The summed E-state index contributed by atoms with van der Waals surface area (Å²) in [5, 5.41) is 3.34. The molecule has 2 atom stereocenters. The number of hydrogen-bond acceptors (Lipinski definition) is 2. The van der Waals surface area contributed by atoms with E-state index >= 15 is 0 Å². The van der Waals surface area contributed by atoms with Gasteiger partial charge in [0.05, 0.1) is 0 Å². The lowest BCUT2D eigenvalue weighted by atomic mass is 9.96. The van der Waals surface area contributed by atoms with Gasteiger partial charge in [-0.2, -0.15) is 0 Å². The minimum absolute atomic E-state index is 0.244. The number of rotatable bonds is 2. The summed E-state index contributed by atoms with van der Waals surface area (Å²) in [6, 6.07) is 11.0. The average molecular weight is 272 g/mol. The van der Waals surface area contributed by atoms with Crippen LogP contribution in [0.3, 0.4) is 0 Å². The highest BCUT2D eigenvalue weighted by Crippen LogP contribution is 2.33. The highest BCUT2D eigenvalue weighted by atomic mass is 16.2. The molecule has 1 aromatic rings. The van der Waals surface area contributed by atoms with Crippen molar-refractivity contribution in [3.8, 4) is 0 Å². The summed E-state index contributed by atoms with van der Waals surface area (Å²) in [6.07, 6.45) is 3.09. The smallest absolute Gasteiger partial charge is 0.226 e. The Bertz CT molecular complexity index is 453. The molecular formula is C17H24N2O. The number of piperidine rings is 1. The van der Waals surface area contributed by atoms with E-state index in [-0.39, 0.29) is 5.92 Å². The van der Waals surface area contributed by atoms with Crippen LogP contribution in [-0.2, 0) is 4.79 Å². The Morgan fingerprint density at radius 1 is 1.20 bits per heavy atom. The van der Waals surface area contributed by atoms with E-state index in [0.717, 1.165) is 38.9 Å². The van der Waals surface area contributed by atoms with Crippen molar-refractivity contribution in [1.82, 2.24) is 10.2 Å². The van der Waals surface area contributed by atoms with Gasteiger partial charge in [0, 0.05) is 24.4 Å². The predicted molar refractivity (Wildman–Crippen MR) is 80.6 cm³/mol. The van der Waals surface area contributed by atoms with Crippen molar-refractivity contribution >= 4 is 5.91 Å². The molecule has 2 saturated heterocycles. The van der Waals surface area contributed by atoms with Crippen molar-refractivity contribution in [2.75, 3.05) is 19.6 Å². The molecule has 2 aliphatic heterocycles. The zero-order chi connectivity index (χ0) is 13.9. The Morgan fingerprint density at radius 3 is 2.60 bits per heavy atom. The fourth-order valence-corrected chi connectivity index (χ4v) is 3.61. The van der Waals surface area contributed by atoms with E-state index in [2.05, 4.69) is 47.5 Å². The molecule has 0 aliphatic carbocycles. The standard InChI is InChI=1S/C17H24N2O/c1-13-11-16(14-5-3-2-4-6-14)12-19(13)17(20)15-7-9-18-10-8-15/h2-6,13,15-16,18H,7-12H2,1H3. The molecule has 1 N–H and O–H groups in total. The van der Waals surface area contributed by atoms with Gasteiger partial charge in [-0.05, 0) is 44.8 Å². The molecule has 0 bridgehead atoms. The van der Waals surface area contributed by atoms with Crippen molar-refractivity contribution in [2.45, 2.75) is 38.1 Å². The van der Waals surface area contributed by atoms with Crippen LogP contribution in [0.2, 0.25) is 0 Å². The van der Waals surface area contributed by atoms with Gasteiger partial charge in [0.25, 0.3) is 0 Å². The molecule has 0 radical (unpaired) electrons. The second-order valence-electron chi connectivity index (χ2n) is 6.21. The number of carbonyl (C=O) groups is 1. The van der Waals surface area contributed by atoms with E-state index in [1.54, 1.807) is 0 Å². The molecule has 3 heteroatoms. The maximum absolute atomic E-state index is 12.7. The Labute approximate surface area is 121 Å². The fraction of sp³-hybridized carbons (Fsp3) is 0.588. The lowest BCUT2D eigenvalue weighted by Crippen LogP contribution is -2.42. The monoisotopic (exact) mass is 272 g/mol. The summed E-state index contributed by atoms with van der Waals surface area (Å²) in [5.41, 5.74) is 1.37. The second kappa shape index (κ2) is 5.96. The minimum atomic E-state index is 0.244. The topological polar surface area (TPSA) is 32.3 Å². The highest BCUT2D eigenvalue weighted by molar-refractivity contribution is 5.79.